The highest BCUT2D eigenvalue weighted by Gasteiger charge is 2.45. The molecule has 2 aliphatic carbocycles. The van der Waals surface area contributed by atoms with Crippen LogP contribution in [0.5, 0.6) is 0 Å². The van der Waals surface area contributed by atoms with E-state index >= 15 is 0 Å². The van der Waals surface area contributed by atoms with E-state index in [2.05, 4.69) is 27.4 Å². The van der Waals surface area contributed by atoms with Gasteiger partial charge in [0.2, 0.25) is 11.6 Å². The quantitative estimate of drug-likeness (QED) is 0.0271. The highest BCUT2D eigenvalue weighted by molar-refractivity contribution is 6.37. The first-order valence-electron chi connectivity index (χ1n) is 43.8. The van der Waals surface area contributed by atoms with Crippen molar-refractivity contribution in [3.8, 4) is 0 Å². The third-order valence-electron chi connectivity index (χ3n) is 21.8. The van der Waals surface area contributed by atoms with Gasteiger partial charge < -0.3 is 78.3 Å². The summed E-state index contributed by atoms with van der Waals surface area (Å²) in [4.78, 5) is 129. The van der Waals surface area contributed by atoms with E-state index in [4.69, 9.17) is 90.9 Å². The van der Waals surface area contributed by atoms with Crippen molar-refractivity contribution in [2.24, 2.45) is 5.73 Å². The number of ketones is 5. The highest BCUT2D eigenvalue weighted by Crippen LogP contribution is 2.42. The van der Waals surface area contributed by atoms with Crippen LogP contribution in [0.2, 0.25) is 10.0 Å². The van der Waals surface area contributed by atoms with Crippen LogP contribution in [0, 0.1) is 0 Å². The summed E-state index contributed by atoms with van der Waals surface area (Å²) in [6.45, 7) is 16.9. The first kappa shape index (κ1) is 106. The van der Waals surface area contributed by atoms with Crippen LogP contribution in [0.15, 0.2) is 48.5 Å². The van der Waals surface area contributed by atoms with Gasteiger partial charge in [0.1, 0.15) is 11.6 Å². The number of amides is 2. The summed E-state index contributed by atoms with van der Waals surface area (Å²) in [5, 5.41) is 16.4. The van der Waals surface area contributed by atoms with Crippen molar-refractivity contribution in [1.82, 2.24) is 20.4 Å². The number of methoxy groups -OCH3 is 2. The molecule has 2 aliphatic heterocycles. The van der Waals surface area contributed by atoms with Crippen LogP contribution in [-0.4, -0.2) is 275 Å². The Morgan fingerprint density at radius 3 is 1.15 bits per heavy atom. The summed E-state index contributed by atoms with van der Waals surface area (Å²) in [6, 6.07) is 14.0. The van der Waals surface area contributed by atoms with Crippen LogP contribution < -0.4 is 16.4 Å². The third-order valence-corrected chi connectivity index (χ3v) is 22.3. The number of esters is 2. The fraction of sp³-hybridized carbons (Fsp3) is 0.753. The minimum atomic E-state index is -1.15. The summed E-state index contributed by atoms with van der Waals surface area (Å²) in [5.41, 5.74) is 7.45. The van der Waals surface area contributed by atoms with Gasteiger partial charge in [0, 0.05) is 132 Å². The zero-order chi connectivity index (χ0) is 86.4. The number of aliphatic carboxylic acids is 1. The van der Waals surface area contributed by atoms with Gasteiger partial charge in [-0.25, -0.2) is 4.79 Å². The third kappa shape index (κ3) is 47.6. The first-order chi connectivity index (χ1) is 57.7. The van der Waals surface area contributed by atoms with E-state index in [0.717, 1.165) is 134 Å². The minimum absolute atomic E-state index is 0.0354. The lowest BCUT2D eigenvalue weighted by Gasteiger charge is -2.52. The molecule has 28 nitrogen and oxygen atoms in total. The molecule has 5 N–H and O–H groups in total. The van der Waals surface area contributed by atoms with Crippen LogP contribution in [0.3, 0.4) is 0 Å². The average molecular weight is 1720 g/mol. The van der Waals surface area contributed by atoms with Crippen molar-refractivity contribution >= 4 is 81.8 Å². The SMILES string of the molecule is CCCCCC(OC(=O)CCC(=O)CCCOCCOCCOCCOCCOC)C(=O)CCCN1CCC(NC(=O)C(=O)Cc2ccc(Cl)cc2)CC12CCCCC2.CCCCCC(OC(=O)CCC(=O)CCCOCCOCCOCCOCCOC)C(=O)O.NCCN1CCC(NC(=O)C(=O)Cc2ccc(Cl)cc2)CC12CCCCC2. The smallest absolute Gasteiger partial charge is 0.345 e. The Balaban J connectivity index is 0.000000416. The molecule has 0 aromatic heterocycles. The summed E-state index contributed by atoms with van der Waals surface area (Å²) in [5.74, 6) is -4.35. The molecular weight excluding hydrogens is 1580 g/mol. The Bertz CT molecular complexity index is 3140. The van der Waals surface area contributed by atoms with Gasteiger partial charge in [-0.2, -0.15) is 0 Å². The molecule has 119 heavy (non-hydrogen) atoms. The van der Waals surface area contributed by atoms with Gasteiger partial charge in [0.15, 0.2) is 18.0 Å². The molecule has 2 aromatic carbocycles. The van der Waals surface area contributed by atoms with Crippen LogP contribution >= 0.6 is 23.2 Å². The van der Waals surface area contributed by atoms with E-state index in [1.807, 2.05) is 6.92 Å². The number of carbonyl (C=O) groups is 10. The molecule has 2 heterocycles. The van der Waals surface area contributed by atoms with Gasteiger partial charge in [0.25, 0.3) is 11.8 Å². The fourth-order valence-corrected chi connectivity index (χ4v) is 15.6. The number of hydrogen-bond acceptors (Lipinski definition) is 25. The molecule has 2 aromatic rings. The van der Waals surface area contributed by atoms with Crippen molar-refractivity contribution in [2.45, 2.75) is 268 Å². The highest BCUT2D eigenvalue weighted by atomic mass is 35.5. The van der Waals surface area contributed by atoms with E-state index in [0.29, 0.717) is 193 Å². The maximum Gasteiger partial charge on any atom is 0.345 e. The Hall–Kier alpha value is -5.80. The summed E-state index contributed by atoms with van der Waals surface area (Å²) >= 11 is 11.8. The van der Waals surface area contributed by atoms with Gasteiger partial charge in [-0.3, -0.25) is 53.0 Å². The zero-order valence-corrected chi connectivity index (χ0v) is 73.4. The lowest BCUT2D eigenvalue weighted by atomic mass is 9.73. The van der Waals surface area contributed by atoms with E-state index in [1.54, 1.807) is 62.8 Å². The molecule has 2 spiro atoms. The van der Waals surface area contributed by atoms with Crippen molar-refractivity contribution < 1.29 is 110 Å². The van der Waals surface area contributed by atoms with Crippen molar-refractivity contribution in [2.75, 3.05) is 166 Å². The predicted molar refractivity (Wildman–Crippen MR) is 454 cm³/mol. The van der Waals surface area contributed by atoms with Gasteiger partial charge >= 0.3 is 17.9 Å². The van der Waals surface area contributed by atoms with Gasteiger partial charge in [-0.1, -0.05) is 126 Å². The Kier molecular flexibility index (Phi) is 58.4. The van der Waals surface area contributed by atoms with Crippen LogP contribution in [0.1, 0.15) is 230 Å². The molecule has 676 valence electrons. The van der Waals surface area contributed by atoms with Gasteiger partial charge in [-0.05, 0) is 138 Å². The molecule has 2 saturated heterocycles. The number of carboxylic acids is 1. The molecule has 2 saturated carbocycles. The summed E-state index contributed by atoms with van der Waals surface area (Å²) in [6.07, 6.45) is 21.7. The Morgan fingerprint density at radius 2 is 0.790 bits per heavy atom. The second-order valence-corrected chi connectivity index (χ2v) is 32.0. The number of piperidine rings is 2. The average Bonchev–Trinajstić information content (AvgIpc) is 0.786. The number of nitrogens with one attached hydrogen (secondary N) is 2. The standard InChI is InChI=1S/C45H71ClN2O11.C23H42O10.C21H30ClN3O2/c1-3-4-6-13-42(59-43(52)19-18-39(49)11-10-25-55-28-29-57-32-33-58-31-30-56-27-26-54-2)40(50)12-9-23-48-24-20-38(35-45(48)21-7-5-8-22-45)47-44(53)41(51)34-36-14-16-37(46)17-15-36;1-3-4-5-8-21(23(26)27)33-22(25)10-9-20(24)7-6-11-29-14-15-31-18-19-32-17-16-30-13-12-28-2;22-17-6-4-16(5-7-17)14-19(26)20(27)24-18-8-12-25(13-11-23)21(15-18)9-2-1-3-10-21/h14-17,38,42H,3-13,18-35H2,1-2H3,(H,47,53);21H,3-19H2,1-2H3,(H,26,27);4-7,18H,1-3,8-15,23H2,(H,24,27). The number of hydrogen-bond donors (Lipinski definition) is 4. The van der Waals surface area contributed by atoms with Crippen molar-refractivity contribution in [3.05, 3.63) is 69.7 Å². The second kappa shape index (κ2) is 65.8. The number of Topliss-reactive ketones (excluding diaryl/α,β-unsaturated/α-hetero) is 5. The largest absolute Gasteiger partial charge is 0.479 e. The molecule has 0 radical (unpaired) electrons. The van der Waals surface area contributed by atoms with Crippen molar-refractivity contribution in [3.63, 3.8) is 0 Å². The molecule has 4 aliphatic rings. The van der Waals surface area contributed by atoms with Gasteiger partial charge in [0.05, 0.1) is 119 Å². The summed E-state index contributed by atoms with van der Waals surface area (Å²) in [7, 11) is 3.25. The minimum Gasteiger partial charge on any atom is -0.479 e. The lowest BCUT2D eigenvalue weighted by molar-refractivity contribution is -0.164. The number of halogens is 2. The van der Waals surface area contributed by atoms with E-state index < -0.39 is 47.7 Å². The number of rotatable bonds is 64. The number of carbonyl (C=O) groups excluding carboxylic acids is 9. The second-order valence-electron chi connectivity index (χ2n) is 31.1. The van der Waals surface area contributed by atoms with E-state index in [-0.39, 0.29) is 84.8 Å². The number of nitrogens with two attached hydrogens (primary N) is 1. The molecule has 6 rings (SSSR count). The number of likely N-dealkylation sites (tertiary alicyclic amines) is 2. The zero-order valence-electron chi connectivity index (χ0n) is 71.9. The summed E-state index contributed by atoms with van der Waals surface area (Å²) < 4.78 is 63.7. The maximum atomic E-state index is 13.5. The molecule has 4 atom stereocenters. The number of benzene rings is 2. The van der Waals surface area contributed by atoms with E-state index in [1.165, 1.54) is 25.7 Å². The van der Waals surface area contributed by atoms with Crippen LogP contribution in [-0.2, 0) is 118 Å². The van der Waals surface area contributed by atoms with Crippen molar-refractivity contribution in [1.29, 1.82) is 0 Å². The fourth-order valence-electron chi connectivity index (χ4n) is 15.3. The number of nitrogens with zero attached hydrogens (tertiary/aromatic N) is 2. The monoisotopic (exact) mass is 1720 g/mol. The van der Waals surface area contributed by atoms with Crippen LogP contribution in [0.25, 0.3) is 0 Å². The molecule has 4 unspecified atom stereocenters. The number of ether oxygens (including phenoxy) is 12. The predicted octanol–water partition coefficient (Wildman–Crippen LogP) is 11.5. The Labute approximate surface area is 717 Å². The molecule has 0 bridgehead atoms. The normalized spacial score (nSPS) is 16.9. The van der Waals surface area contributed by atoms with E-state index in [9.17, 15) is 47.9 Å². The first-order valence-corrected chi connectivity index (χ1v) is 44.6. The molecular formula is C89H143Cl2N5O23. The molecule has 4 fully saturated rings. The molecule has 30 heteroatoms. The number of unbranched alkanes of at least 4 members (excludes halogenated alkanes) is 4. The maximum absolute atomic E-state index is 13.5. The lowest BCUT2D eigenvalue weighted by Crippen LogP contribution is -2.60. The van der Waals surface area contributed by atoms with Crippen LogP contribution in [0.4, 0.5) is 0 Å². The number of carboxylic acid groups (broad SMARTS) is 1. The van der Waals surface area contributed by atoms with Gasteiger partial charge in [-0.15, -0.1) is 0 Å². The Morgan fingerprint density at radius 1 is 0.437 bits per heavy atom. The topological polar surface area (TPSA) is 358 Å². The molecule has 2 amide bonds.